The number of likely N-dealkylation sites (N-methyl/N-ethyl adjacent to an activating group) is 1. The van der Waals surface area contributed by atoms with Gasteiger partial charge in [0.15, 0.2) is 0 Å². The summed E-state index contributed by atoms with van der Waals surface area (Å²) in [7, 11) is 0. The first-order chi connectivity index (χ1) is 10.2. The molecule has 3 rings (SSSR count). The van der Waals surface area contributed by atoms with Crippen LogP contribution in [0.25, 0.3) is 0 Å². The average molecular weight is 293 g/mol. The number of hydrogen-bond acceptors (Lipinski definition) is 1. The molecule has 1 nitrogen and oxygen atoms in total. The van der Waals surface area contributed by atoms with Crippen molar-refractivity contribution in [3.05, 3.63) is 35.4 Å². The third-order valence-corrected chi connectivity index (χ3v) is 5.44. The van der Waals surface area contributed by atoms with E-state index < -0.39 is 0 Å². The van der Waals surface area contributed by atoms with E-state index in [0.717, 1.165) is 30.7 Å². The second-order valence-electron chi connectivity index (χ2n) is 6.87. The van der Waals surface area contributed by atoms with Crippen LogP contribution in [0.1, 0.15) is 44.6 Å². The summed E-state index contributed by atoms with van der Waals surface area (Å²) in [6.45, 7) is 2.96. The largest absolute Gasteiger partial charge is 0.314 e. The SMILES string of the molecule is CCNC(Cc1cc(F)ccc1F)CC1CC2CCC1C2. The third kappa shape index (κ3) is 3.45. The molecule has 1 aromatic rings. The summed E-state index contributed by atoms with van der Waals surface area (Å²) in [6, 6.07) is 4.04. The van der Waals surface area contributed by atoms with E-state index in [2.05, 4.69) is 12.2 Å². The summed E-state index contributed by atoms with van der Waals surface area (Å²) < 4.78 is 27.2. The van der Waals surface area contributed by atoms with E-state index in [1.165, 1.54) is 43.9 Å². The van der Waals surface area contributed by atoms with Gasteiger partial charge in [0.25, 0.3) is 0 Å². The smallest absolute Gasteiger partial charge is 0.126 e. The minimum atomic E-state index is -0.346. The number of benzene rings is 1. The van der Waals surface area contributed by atoms with Gasteiger partial charge in [-0.15, -0.1) is 0 Å². The van der Waals surface area contributed by atoms with E-state index in [1.54, 1.807) is 0 Å². The first-order valence-corrected chi connectivity index (χ1v) is 8.33. The number of halogens is 2. The van der Waals surface area contributed by atoms with E-state index in [9.17, 15) is 8.78 Å². The van der Waals surface area contributed by atoms with Crippen molar-refractivity contribution in [3.8, 4) is 0 Å². The Morgan fingerprint density at radius 1 is 1.24 bits per heavy atom. The first kappa shape index (κ1) is 15.0. The van der Waals surface area contributed by atoms with Crippen LogP contribution in [-0.2, 0) is 6.42 Å². The predicted molar refractivity (Wildman–Crippen MR) is 81.1 cm³/mol. The number of hydrogen-bond donors (Lipinski definition) is 1. The Bertz CT molecular complexity index is 488. The second-order valence-corrected chi connectivity index (χ2v) is 6.87. The molecule has 2 fully saturated rings. The fraction of sp³-hybridized carbons (Fsp3) is 0.667. The minimum Gasteiger partial charge on any atom is -0.314 e. The minimum absolute atomic E-state index is 0.260. The van der Waals surface area contributed by atoms with E-state index >= 15 is 0 Å². The van der Waals surface area contributed by atoms with Crippen molar-refractivity contribution in [3.63, 3.8) is 0 Å². The highest BCUT2D eigenvalue weighted by atomic mass is 19.1. The Morgan fingerprint density at radius 3 is 2.76 bits per heavy atom. The Kier molecular flexibility index (Phi) is 4.58. The topological polar surface area (TPSA) is 12.0 Å². The molecule has 0 aliphatic heterocycles. The Labute approximate surface area is 126 Å². The van der Waals surface area contributed by atoms with Crippen molar-refractivity contribution < 1.29 is 8.78 Å². The number of nitrogens with one attached hydrogen (secondary N) is 1. The molecule has 1 aromatic carbocycles. The lowest BCUT2D eigenvalue weighted by Crippen LogP contribution is -2.34. The maximum Gasteiger partial charge on any atom is 0.126 e. The number of fused-ring (bicyclic) bond motifs is 2. The van der Waals surface area contributed by atoms with Crippen molar-refractivity contribution in [2.45, 2.75) is 51.5 Å². The van der Waals surface area contributed by atoms with Gasteiger partial charge in [-0.2, -0.15) is 0 Å². The van der Waals surface area contributed by atoms with E-state index in [-0.39, 0.29) is 17.7 Å². The monoisotopic (exact) mass is 293 g/mol. The highest BCUT2D eigenvalue weighted by Crippen LogP contribution is 2.50. The van der Waals surface area contributed by atoms with Gasteiger partial charge in [-0.05, 0) is 80.2 Å². The molecule has 116 valence electrons. The summed E-state index contributed by atoms with van der Waals surface area (Å²) >= 11 is 0. The number of rotatable bonds is 6. The molecule has 2 aliphatic rings. The van der Waals surface area contributed by atoms with Crippen LogP contribution in [-0.4, -0.2) is 12.6 Å². The highest BCUT2D eigenvalue weighted by Gasteiger charge is 2.40. The van der Waals surface area contributed by atoms with Crippen molar-refractivity contribution in [2.75, 3.05) is 6.54 Å². The lowest BCUT2D eigenvalue weighted by Gasteiger charge is -2.27. The maximum atomic E-state index is 13.8. The standard InChI is InChI=1S/C18H25F2N/c1-2-21-17(10-14-8-12-3-4-13(14)7-12)11-15-9-16(19)5-6-18(15)20/h5-6,9,12-14,17,21H,2-4,7-8,10-11H2,1H3. The van der Waals surface area contributed by atoms with E-state index in [1.807, 2.05) is 0 Å². The quantitative estimate of drug-likeness (QED) is 0.824. The van der Waals surface area contributed by atoms with Gasteiger partial charge >= 0.3 is 0 Å². The van der Waals surface area contributed by atoms with Crippen LogP contribution in [0.15, 0.2) is 18.2 Å². The van der Waals surface area contributed by atoms with Gasteiger partial charge in [0.05, 0.1) is 0 Å². The van der Waals surface area contributed by atoms with Crippen molar-refractivity contribution >= 4 is 0 Å². The Balaban J connectivity index is 1.65. The molecule has 0 saturated heterocycles. The van der Waals surface area contributed by atoms with Gasteiger partial charge in [0.2, 0.25) is 0 Å². The molecule has 1 N–H and O–H groups in total. The van der Waals surface area contributed by atoms with Crippen molar-refractivity contribution in [1.82, 2.24) is 5.32 Å². The zero-order valence-corrected chi connectivity index (χ0v) is 12.7. The molecule has 0 amide bonds. The Morgan fingerprint density at radius 2 is 2.10 bits per heavy atom. The molecule has 4 unspecified atom stereocenters. The summed E-state index contributed by atoms with van der Waals surface area (Å²) in [5, 5.41) is 3.48. The lowest BCUT2D eigenvalue weighted by atomic mass is 9.83. The lowest BCUT2D eigenvalue weighted by molar-refractivity contribution is 0.277. The zero-order valence-electron chi connectivity index (χ0n) is 12.7. The van der Waals surface area contributed by atoms with E-state index in [4.69, 9.17) is 0 Å². The van der Waals surface area contributed by atoms with Crippen molar-refractivity contribution in [2.24, 2.45) is 17.8 Å². The molecule has 0 radical (unpaired) electrons. The normalized spacial score (nSPS) is 29.0. The van der Waals surface area contributed by atoms with Crippen LogP contribution in [0.4, 0.5) is 8.78 Å². The zero-order chi connectivity index (χ0) is 14.8. The molecule has 4 atom stereocenters. The summed E-state index contributed by atoms with van der Waals surface area (Å²) in [5.41, 5.74) is 0.504. The van der Waals surface area contributed by atoms with Gasteiger partial charge in [-0.3, -0.25) is 0 Å². The third-order valence-electron chi connectivity index (χ3n) is 5.44. The predicted octanol–water partition coefficient (Wildman–Crippen LogP) is 4.31. The molecule has 2 aliphatic carbocycles. The van der Waals surface area contributed by atoms with Crippen LogP contribution in [0.5, 0.6) is 0 Å². The average Bonchev–Trinajstić information content (AvgIpc) is 3.05. The van der Waals surface area contributed by atoms with Crippen LogP contribution in [0, 0.1) is 29.4 Å². The van der Waals surface area contributed by atoms with Gasteiger partial charge in [0.1, 0.15) is 11.6 Å². The molecule has 3 heteroatoms. The van der Waals surface area contributed by atoms with E-state index in [0.29, 0.717) is 12.0 Å². The van der Waals surface area contributed by atoms with Crippen molar-refractivity contribution in [1.29, 1.82) is 0 Å². The van der Waals surface area contributed by atoms with Gasteiger partial charge in [-0.25, -0.2) is 8.78 Å². The summed E-state index contributed by atoms with van der Waals surface area (Å²) in [6.07, 6.45) is 7.22. The van der Waals surface area contributed by atoms with Gasteiger partial charge in [0, 0.05) is 6.04 Å². The summed E-state index contributed by atoms with van der Waals surface area (Å²) in [4.78, 5) is 0. The molecule has 0 heterocycles. The molecular formula is C18H25F2N. The van der Waals surface area contributed by atoms with Crippen LogP contribution in [0.3, 0.4) is 0 Å². The molecule has 21 heavy (non-hydrogen) atoms. The van der Waals surface area contributed by atoms with Crippen LogP contribution >= 0.6 is 0 Å². The molecule has 0 spiro atoms. The fourth-order valence-electron chi connectivity index (χ4n) is 4.52. The van der Waals surface area contributed by atoms with Crippen LogP contribution in [0.2, 0.25) is 0 Å². The maximum absolute atomic E-state index is 13.8. The van der Waals surface area contributed by atoms with Gasteiger partial charge in [-0.1, -0.05) is 13.3 Å². The highest BCUT2D eigenvalue weighted by molar-refractivity contribution is 5.20. The molecule has 2 bridgehead atoms. The summed E-state index contributed by atoms with van der Waals surface area (Å²) in [5.74, 6) is 1.97. The first-order valence-electron chi connectivity index (χ1n) is 8.33. The molecule has 0 aromatic heterocycles. The Hall–Kier alpha value is -0.960. The van der Waals surface area contributed by atoms with Crippen LogP contribution < -0.4 is 5.32 Å². The molecular weight excluding hydrogens is 268 g/mol. The fourth-order valence-corrected chi connectivity index (χ4v) is 4.52. The van der Waals surface area contributed by atoms with Gasteiger partial charge < -0.3 is 5.32 Å². The second kappa shape index (κ2) is 6.43. The molecule has 2 saturated carbocycles.